The lowest BCUT2D eigenvalue weighted by atomic mass is 10.2. The topological polar surface area (TPSA) is 74.9 Å². The Morgan fingerprint density at radius 2 is 1.69 bits per heavy atom. The number of hydrogen-bond acceptors (Lipinski definition) is 6. The molecular weight excluding hydrogens is 334 g/mol. The second-order valence-electron chi connectivity index (χ2n) is 5.48. The van der Waals surface area contributed by atoms with E-state index in [4.69, 9.17) is 14.2 Å². The summed E-state index contributed by atoms with van der Waals surface area (Å²) in [5.74, 6) is 2.11. The first-order valence-corrected chi connectivity index (χ1v) is 7.91. The Balaban J connectivity index is 2.14. The van der Waals surface area contributed by atoms with Crippen molar-refractivity contribution < 1.29 is 14.2 Å². The molecule has 3 rings (SSSR count). The van der Waals surface area contributed by atoms with Gasteiger partial charge in [-0.25, -0.2) is 4.98 Å². The molecule has 7 nitrogen and oxygen atoms in total. The Labute approximate surface area is 150 Å². The molecule has 0 radical (unpaired) electrons. The van der Waals surface area contributed by atoms with Gasteiger partial charge in [-0.05, 0) is 19.1 Å². The van der Waals surface area contributed by atoms with E-state index in [2.05, 4.69) is 10.1 Å². The van der Waals surface area contributed by atoms with Crippen LogP contribution >= 0.6 is 0 Å². The number of para-hydroxylation sites is 1. The largest absolute Gasteiger partial charge is 0.496 e. The molecule has 134 valence electrons. The second-order valence-corrected chi connectivity index (χ2v) is 5.48. The molecule has 26 heavy (non-hydrogen) atoms. The lowest BCUT2D eigenvalue weighted by molar-refractivity contribution is 0.374. The molecule has 0 N–H and O–H groups in total. The summed E-state index contributed by atoms with van der Waals surface area (Å²) in [4.78, 5) is 17.1. The van der Waals surface area contributed by atoms with E-state index in [1.54, 1.807) is 58.6 Å². The number of nitrogens with zero attached hydrogens (tertiary/aromatic N) is 3. The maximum Gasteiger partial charge on any atom is 0.282 e. The summed E-state index contributed by atoms with van der Waals surface area (Å²) in [6.45, 7) is 1.73. The Kier molecular flexibility index (Phi) is 4.88. The van der Waals surface area contributed by atoms with Crippen LogP contribution in [-0.2, 0) is 0 Å². The zero-order chi connectivity index (χ0) is 18.7. The van der Waals surface area contributed by atoms with Crippen LogP contribution in [0.4, 0.5) is 0 Å². The van der Waals surface area contributed by atoms with Crippen LogP contribution in [0.5, 0.6) is 17.2 Å². The van der Waals surface area contributed by atoms with Crippen LogP contribution in [0.3, 0.4) is 0 Å². The van der Waals surface area contributed by atoms with Crippen molar-refractivity contribution in [3.8, 4) is 17.2 Å². The SMILES string of the molecule is COc1cc(OC)c(/C=N/n2c(C)nc3ccccc3c2=O)c(OC)c1. The van der Waals surface area contributed by atoms with E-state index in [9.17, 15) is 4.79 Å². The van der Waals surface area contributed by atoms with Gasteiger partial charge in [0, 0.05) is 12.1 Å². The Hall–Kier alpha value is -3.35. The highest BCUT2D eigenvalue weighted by Crippen LogP contribution is 2.32. The Morgan fingerprint density at radius 3 is 2.31 bits per heavy atom. The van der Waals surface area contributed by atoms with Crippen molar-refractivity contribution in [2.75, 3.05) is 21.3 Å². The van der Waals surface area contributed by atoms with Crippen molar-refractivity contribution in [1.82, 2.24) is 9.66 Å². The van der Waals surface area contributed by atoms with E-state index < -0.39 is 0 Å². The fourth-order valence-corrected chi connectivity index (χ4v) is 2.65. The van der Waals surface area contributed by atoms with Crippen LogP contribution in [0, 0.1) is 6.92 Å². The summed E-state index contributed by atoms with van der Waals surface area (Å²) in [5, 5.41) is 4.82. The summed E-state index contributed by atoms with van der Waals surface area (Å²) in [5.41, 5.74) is 0.993. The van der Waals surface area contributed by atoms with Gasteiger partial charge in [0.05, 0.1) is 44.0 Å². The van der Waals surface area contributed by atoms with Crippen LogP contribution in [0.1, 0.15) is 11.4 Å². The smallest absolute Gasteiger partial charge is 0.282 e. The summed E-state index contributed by atoms with van der Waals surface area (Å²) in [7, 11) is 4.65. The predicted molar refractivity (Wildman–Crippen MR) is 99.8 cm³/mol. The number of fused-ring (bicyclic) bond motifs is 1. The van der Waals surface area contributed by atoms with Gasteiger partial charge < -0.3 is 14.2 Å². The van der Waals surface area contributed by atoms with Crippen molar-refractivity contribution in [3.63, 3.8) is 0 Å². The van der Waals surface area contributed by atoms with Crippen LogP contribution < -0.4 is 19.8 Å². The number of rotatable bonds is 5. The molecule has 2 aromatic carbocycles. The molecule has 0 amide bonds. The van der Waals surface area contributed by atoms with Gasteiger partial charge in [0.25, 0.3) is 5.56 Å². The lowest BCUT2D eigenvalue weighted by Gasteiger charge is -2.12. The second kappa shape index (κ2) is 7.26. The maximum absolute atomic E-state index is 12.7. The van der Waals surface area contributed by atoms with Crippen molar-refractivity contribution in [3.05, 3.63) is 58.1 Å². The minimum atomic E-state index is -0.240. The highest BCUT2D eigenvalue weighted by atomic mass is 16.5. The van der Waals surface area contributed by atoms with E-state index in [-0.39, 0.29) is 5.56 Å². The Bertz CT molecular complexity index is 1020. The molecule has 0 saturated heterocycles. The van der Waals surface area contributed by atoms with Crippen LogP contribution in [0.15, 0.2) is 46.3 Å². The van der Waals surface area contributed by atoms with Gasteiger partial charge in [0.1, 0.15) is 23.1 Å². The molecule has 0 aliphatic heterocycles. The van der Waals surface area contributed by atoms with Crippen molar-refractivity contribution in [1.29, 1.82) is 0 Å². The third kappa shape index (κ3) is 3.11. The number of methoxy groups -OCH3 is 3. The lowest BCUT2D eigenvalue weighted by Crippen LogP contribution is -2.20. The Morgan fingerprint density at radius 1 is 1.04 bits per heavy atom. The third-order valence-electron chi connectivity index (χ3n) is 3.97. The standard InChI is InChI=1S/C19H19N3O4/c1-12-21-16-8-6-5-7-14(16)19(23)22(12)20-11-15-17(25-3)9-13(24-2)10-18(15)26-4/h5-11H,1-4H3/b20-11+. The number of aryl methyl sites for hydroxylation is 1. The normalized spacial score (nSPS) is 11.1. The van der Waals surface area contributed by atoms with Gasteiger partial charge in [-0.15, -0.1) is 0 Å². The summed E-state index contributed by atoms with van der Waals surface area (Å²) < 4.78 is 17.3. The zero-order valence-corrected chi connectivity index (χ0v) is 15.0. The predicted octanol–water partition coefficient (Wildman–Crippen LogP) is 2.61. The fraction of sp³-hybridized carbons (Fsp3) is 0.211. The first kappa shape index (κ1) is 17.5. The van der Waals surface area contributed by atoms with E-state index in [1.807, 2.05) is 6.07 Å². The van der Waals surface area contributed by atoms with Gasteiger partial charge in [0.15, 0.2) is 0 Å². The van der Waals surface area contributed by atoms with Crippen LogP contribution in [0.2, 0.25) is 0 Å². The maximum atomic E-state index is 12.7. The summed E-state index contributed by atoms with van der Waals surface area (Å²) >= 11 is 0. The first-order valence-electron chi connectivity index (χ1n) is 7.91. The zero-order valence-electron chi connectivity index (χ0n) is 15.0. The average Bonchev–Trinajstić information content (AvgIpc) is 2.67. The summed E-state index contributed by atoms with van der Waals surface area (Å²) in [6.07, 6.45) is 1.52. The van der Waals surface area contributed by atoms with Gasteiger partial charge in [-0.2, -0.15) is 9.78 Å². The van der Waals surface area contributed by atoms with E-state index in [0.717, 1.165) is 0 Å². The molecule has 1 aromatic heterocycles. The molecule has 0 bridgehead atoms. The van der Waals surface area contributed by atoms with Gasteiger partial charge in [-0.3, -0.25) is 4.79 Å². The quantitative estimate of drug-likeness (QED) is 0.659. The van der Waals surface area contributed by atoms with Gasteiger partial charge in [0.2, 0.25) is 0 Å². The van der Waals surface area contributed by atoms with Crippen LogP contribution in [-0.4, -0.2) is 37.2 Å². The molecule has 0 saturated carbocycles. The molecule has 3 aromatic rings. The van der Waals surface area contributed by atoms with Crippen molar-refractivity contribution in [2.24, 2.45) is 5.10 Å². The van der Waals surface area contributed by atoms with Crippen molar-refractivity contribution in [2.45, 2.75) is 6.92 Å². The molecule has 0 aliphatic rings. The molecule has 0 atom stereocenters. The minimum Gasteiger partial charge on any atom is -0.496 e. The number of benzene rings is 2. The van der Waals surface area contributed by atoms with E-state index in [0.29, 0.717) is 39.5 Å². The molecule has 7 heteroatoms. The minimum absolute atomic E-state index is 0.240. The monoisotopic (exact) mass is 353 g/mol. The molecule has 1 heterocycles. The number of hydrogen-bond donors (Lipinski definition) is 0. The van der Waals surface area contributed by atoms with E-state index >= 15 is 0 Å². The highest BCUT2D eigenvalue weighted by molar-refractivity contribution is 5.88. The van der Waals surface area contributed by atoms with E-state index in [1.165, 1.54) is 10.9 Å². The molecule has 0 fully saturated rings. The van der Waals surface area contributed by atoms with Crippen molar-refractivity contribution >= 4 is 17.1 Å². The summed E-state index contributed by atoms with van der Waals surface area (Å²) in [6, 6.07) is 10.6. The molecule has 0 spiro atoms. The number of ether oxygens (including phenoxy) is 3. The third-order valence-corrected chi connectivity index (χ3v) is 3.97. The first-order chi connectivity index (χ1) is 12.6. The number of aromatic nitrogens is 2. The molecular formula is C19H19N3O4. The van der Waals surface area contributed by atoms with Gasteiger partial charge in [-0.1, -0.05) is 12.1 Å². The fourth-order valence-electron chi connectivity index (χ4n) is 2.65. The van der Waals surface area contributed by atoms with Gasteiger partial charge >= 0.3 is 0 Å². The van der Waals surface area contributed by atoms with Crippen LogP contribution in [0.25, 0.3) is 10.9 Å². The highest BCUT2D eigenvalue weighted by Gasteiger charge is 2.12. The molecule has 0 aliphatic carbocycles. The molecule has 0 unspecified atom stereocenters. The average molecular weight is 353 g/mol.